The second-order valence-corrected chi connectivity index (χ2v) is 9.72. The lowest BCUT2D eigenvalue weighted by atomic mass is 9.59. The van der Waals surface area contributed by atoms with Crippen LogP contribution in [0.5, 0.6) is 0 Å². The summed E-state index contributed by atoms with van der Waals surface area (Å²) in [7, 11) is 0. The summed E-state index contributed by atoms with van der Waals surface area (Å²) >= 11 is 0. The fourth-order valence-electron chi connectivity index (χ4n) is 7.27. The number of rotatable bonds is 0. The van der Waals surface area contributed by atoms with Crippen molar-refractivity contribution in [1.29, 1.82) is 0 Å². The molecule has 4 fully saturated rings. The van der Waals surface area contributed by atoms with E-state index in [-0.39, 0.29) is 30.1 Å². The molecule has 9 atom stereocenters. The van der Waals surface area contributed by atoms with Crippen molar-refractivity contribution >= 4 is 5.71 Å². The third-order valence-corrected chi connectivity index (χ3v) is 8.82. The average Bonchev–Trinajstić information content (AvgIpc) is 2.81. The zero-order valence-corrected chi connectivity index (χ0v) is 15.3. The summed E-state index contributed by atoms with van der Waals surface area (Å²) in [6.07, 6.45) is 0.549. The molecule has 0 radical (unpaired) electrons. The Morgan fingerprint density at radius 1 is 1.04 bits per heavy atom. The smallest absolute Gasteiger partial charge is 0.101 e. The molecule has 6 heteroatoms. The van der Waals surface area contributed by atoms with Crippen molar-refractivity contribution in [3.63, 3.8) is 0 Å². The van der Waals surface area contributed by atoms with Crippen molar-refractivity contribution in [2.24, 2.45) is 39.7 Å². The van der Waals surface area contributed by atoms with Gasteiger partial charge in [0, 0.05) is 16.7 Å². The number of fused-ring (bicyclic) bond motifs is 2. The Morgan fingerprint density at radius 2 is 1.72 bits per heavy atom. The number of aliphatic hydroxyl groups is 4. The number of aliphatic hydroxyl groups excluding tert-OH is 3. The molecular weight excluding hydrogens is 322 g/mol. The Balaban J connectivity index is 1.83. The molecule has 2 bridgehead atoms. The fraction of sp³-hybridized carbons (Fsp3) is 0.947. The molecule has 0 heterocycles. The Hall–Kier alpha value is -0.690. The second-order valence-electron chi connectivity index (χ2n) is 9.72. The molecule has 5 N–H and O–H groups in total. The largest absolute Gasteiger partial charge is 0.411 e. The molecule has 1 spiro atoms. The van der Waals surface area contributed by atoms with Crippen LogP contribution in [0.3, 0.4) is 0 Å². The van der Waals surface area contributed by atoms with E-state index in [9.17, 15) is 25.6 Å². The summed E-state index contributed by atoms with van der Waals surface area (Å²) < 4.78 is 0. The molecule has 4 saturated carbocycles. The molecule has 0 aliphatic heterocycles. The zero-order chi connectivity index (χ0) is 18.4. The first-order valence-corrected chi connectivity index (χ1v) is 9.58. The summed E-state index contributed by atoms with van der Waals surface area (Å²) in [5.41, 5.74) is -2.11. The van der Waals surface area contributed by atoms with Crippen LogP contribution in [-0.2, 0) is 0 Å². The first-order valence-electron chi connectivity index (χ1n) is 9.58. The van der Waals surface area contributed by atoms with Crippen molar-refractivity contribution in [2.45, 2.75) is 76.8 Å². The summed E-state index contributed by atoms with van der Waals surface area (Å²) in [4.78, 5) is 0. The monoisotopic (exact) mass is 353 g/mol. The Bertz CT molecular complexity index is 607. The van der Waals surface area contributed by atoms with Crippen molar-refractivity contribution < 1.29 is 25.6 Å². The molecule has 0 aromatic rings. The third-order valence-electron chi connectivity index (χ3n) is 8.82. The first kappa shape index (κ1) is 17.7. The van der Waals surface area contributed by atoms with Crippen LogP contribution in [0.1, 0.15) is 52.9 Å². The van der Waals surface area contributed by atoms with Gasteiger partial charge in [-0.1, -0.05) is 25.9 Å². The molecular formula is C19H31NO5. The van der Waals surface area contributed by atoms with E-state index in [1.807, 2.05) is 13.8 Å². The molecule has 0 unspecified atom stereocenters. The maximum absolute atomic E-state index is 11.6. The molecule has 25 heavy (non-hydrogen) atoms. The van der Waals surface area contributed by atoms with Gasteiger partial charge in [-0.25, -0.2) is 0 Å². The third kappa shape index (κ3) is 1.87. The van der Waals surface area contributed by atoms with E-state index >= 15 is 0 Å². The highest BCUT2D eigenvalue weighted by molar-refractivity contribution is 5.90. The molecule has 4 aliphatic rings. The quantitative estimate of drug-likeness (QED) is 0.331. The van der Waals surface area contributed by atoms with Gasteiger partial charge in [0.05, 0.1) is 24.0 Å². The summed E-state index contributed by atoms with van der Waals surface area (Å²) in [6.45, 7) is 5.75. The molecule has 142 valence electrons. The maximum Gasteiger partial charge on any atom is 0.101 e. The van der Waals surface area contributed by atoms with Crippen LogP contribution >= 0.6 is 0 Å². The van der Waals surface area contributed by atoms with Crippen LogP contribution in [-0.4, -0.2) is 55.3 Å². The van der Waals surface area contributed by atoms with Gasteiger partial charge in [0.25, 0.3) is 0 Å². The minimum Gasteiger partial charge on any atom is -0.411 e. The maximum atomic E-state index is 11.6. The van der Waals surface area contributed by atoms with E-state index in [4.69, 9.17) is 0 Å². The minimum absolute atomic E-state index is 0.0622. The lowest BCUT2D eigenvalue weighted by molar-refractivity contribution is -0.178. The normalized spacial score (nSPS) is 58.7. The predicted molar refractivity (Wildman–Crippen MR) is 91.1 cm³/mol. The highest BCUT2D eigenvalue weighted by atomic mass is 16.4. The van der Waals surface area contributed by atoms with Gasteiger partial charge in [-0.3, -0.25) is 0 Å². The molecule has 0 saturated heterocycles. The van der Waals surface area contributed by atoms with Gasteiger partial charge in [-0.15, -0.1) is 0 Å². The van der Waals surface area contributed by atoms with Crippen molar-refractivity contribution in [2.75, 3.05) is 0 Å². The van der Waals surface area contributed by atoms with Crippen molar-refractivity contribution in [3.05, 3.63) is 0 Å². The molecule has 6 nitrogen and oxygen atoms in total. The van der Waals surface area contributed by atoms with Gasteiger partial charge in [-0.2, -0.15) is 0 Å². The second kappa shape index (κ2) is 5.18. The van der Waals surface area contributed by atoms with E-state index in [0.29, 0.717) is 18.6 Å². The van der Waals surface area contributed by atoms with Crippen LogP contribution < -0.4 is 0 Å². The van der Waals surface area contributed by atoms with E-state index in [1.165, 1.54) is 0 Å². The Labute approximate surface area is 148 Å². The van der Waals surface area contributed by atoms with Crippen molar-refractivity contribution in [3.8, 4) is 0 Å². The number of hydrogen-bond acceptors (Lipinski definition) is 6. The van der Waals surface area contributed by atoms with Gasteiger partial charge in [0.15, 0.2) is 0 Å². The Kier molecular flexibility index (Phi) is 3.67. The average molecular weight is 353 g/mol. The van der Waals surface area contributed by atoms with Gasteiger partial charge in [-0.05, 0) is 49.9 Å². The van der Waals surface area contributed by atoms with Crippen LogP contribution in [0, 0.1) is 34.5 Å². The number of hydrogen-bond donors (Lipinski definition) is 5. The number of nitrogens with zero attached hydrogens (tertiary/aromatic N) is 1. The predicted octanol–water partition coefficient (Wildman–Crippen LogP) is 1.13. The van der Waals surface area contributed by atoms with Crippen LogP contribution in [0.2, 0.25) is 0 Å². The van der Waals surface area contributed by atoms with E-state index in [2.05, 4.69) is 12.1 Å². The van der Waals surface area contributed by atoms with E-state index < -0.39 is 34.7 Å². The fourth-order valence-corrected chi connectivity index (χ4v) is 7.27. The van der Waals surface area contributed by atoms with E-state index in [0.717, 1.165) is 12.8 Å². The van der Waals surface area contributed by atoms with Gasteiger partial charge < -0.3 is 25.6 Å². The number of oxime groups is 1. The molecule has 4 rings (SSSR count). The molecule has 0 amide bonds. The van der Waals surface area contributed by atoms with Gasteiger partial charge in [0.2, 0.25) is 0 Å². The standard InChI is InChI=1S/C19H31NO5/c1-9-11-5-4-10-13(20-25)7-18(11,16(10)23)8-15(22)19(24)12(9)6-14(21)17(19,2)3/h9-12,14-16,21-25H,4-8H2,1-3H3/b20-13-/t9-,10-,11-,12-,14-,15+,16+,18+,19-/m0/s1. The zero-order valence-electron chi connectivity index (χ0n) is 15.3. The summed E-state index contributed by atoms with van der Waals surface area (Å²) in [6, 6.07) is 0. The van der Waals surface area contributed by atoms with Crippen molar-refractivity contribution in [1.82, 2.24) is 0 Å². The Morgan fingerprint density at radius 3 is 2.36 bits per heavy atom. The van der Waals surface area contributed by atoms with Crippen LogP contribution in [0.15, 0.2) is 5.16 Å². The highest BCUT2D eigenvalue weighted by Crippen LogP contribution is 2.66. The van der Waals surface area contributed by atoms with Crippen LogP contribution in [0.4, 0.5) is 0 Å². The molecule has 0 aromatic heterocycles. The minimum atomic E-state index is -1.38. The highest BCUT2D eigenvalue weighted by Gasteiger charge is 2.71. The molecule has 0 aromatic carbocycles. The lowest BCUT2D eigenvalue weighted by Gasteiger charge is -2.47. The SMILES string of the molecule is C[C@H]1[C@@H]2CC[C@H]3/C(=N\O)C[C@]2(C[C@@H](O)[C@@]2(O)[C@H]1C[C@H](O)C2(C)C)[C@@H]3O. The van der Waals surface area contributed by atoms with E-state index in [1.54, 1.807) is 0 Å². The topological polar surface area (TPSA) is 114 Å². The van der Waals surface area contributed by atoms with Gasteiger partial charge >= 0.3 is 0 Å². The lowest BCUT2D eigenvalue weighted by Crippen LogP contribution is -2.57. The summed E-state index contributed by atoms with van der Waals surface area (Å²) in [5.74, 6) is -0.164. The van der Waals surface area contributed by atoms with Gasteiger partial charge in [0.1, 0.15) is 5.60 Å². The molecule has 4 aliphatic carbocycles. The van der Waals surface area contributed by atoms with Crippen LogP contribution in [0.25, 0.3) is 0 Å². The first-order chi connectivity index (χ1) is 11.6. The summed E-state index contributed by atoms with van der Waals surface area (Å²) in [5, 5.41) is 57.2.